The van der Waals surface area contributed by atoms with Crippen LogP contribution >= 0.6 is 35.6 Å². The predicted molar refractivity (Wildman–Crippen MR) is 121 cm³/mol. The van der Waals surface area contributed by atoms with Crippen molar-refractivity contribution in [2.45, 2.75) is 39.7 Å². The number of nitrogens with zero attached hydrogens (tertiary/aromatic N) is 2. The van der Waals surface area contributed by atoms with Crippen molar-refractivity contribution < 1.29 is 9.26 Å². The number of hydrogen-bond donors (Lipinski definition) is 2. The third-order valence-corrected chi connectivity index (χ3v) is 4.47. The molecule has 0 spiro atoms. The van der Waals surface area contributed by atoms with Gasteiger partial charge in [-0.05, 0) is 38.8 Å². The smallest absolute Gasteiger partial charge is 0.191 e. The first-order valence-electron chi connectivity index (χ1n) is 8.82. The monoisotopic (exact) mass is 506 g/mol. The van der Waals surface area contributed by atoms with E-state index in [4.69, 9.17) is 20.9 Å². The van der Waals surface area contributed by atoms with Crippen molar-refractivity contribution in [2.24, 2.45) is 4.99 Å². The summed E-state index contributed by atoms with van der Waals surface area (Å²) >= 11 is 6.16. The number of aryl methyl sites for hydroxylation is 2. The van der Waals surface area contributed by atoms with Crippen molar-refractivity contribution in [3.05, 3.63) is 46.3 Å². The van der Waals surface area contributed by atoms with Crippen molar-refractivity contribution in [1.82, 2.24) is 15.8 Å². The van der Waals surface area contributed by atoms with Crippen molar-refractivity contribution in [3.8, 4) is 5.75 Å². The van der Waals surface area contributed by atoms with E-state index in [9.17, 15) is 0 Å². The maximum atomic E-state index is 6.16. The summed E-state index contributed by atoms with van der Waals surface area (Å²) in [7, 11) is 1.75. The average Bonchev–Trinajstić information content (AvgIpc) is 2.96. The molecule has 1 aromatic heterocycles. The van der Waals surface area contributed by atoms with Gasteiger partial charge in [-0.25, -0.2) is 0 Å². The van der Waals surface area contributed by atoms with Gasteiger partial charge in [0.15, 0.2) is 5.96 Å². The van der Waals surface area contributed by atoms with Gasteiger partial charge in [-0.2, -0.15) is 0 Å². The maximum absolute atomic E-state index is 6.16. The highest BCUT2D eigenvalue weighted by Gasteiger charge is 2.12. The molecule has 150 valence electrons. The molecule has 1 aromatic carbocycles. The minimum absolute atomic E-state index is 0. The Balaban J connectivity index is 0.00000364. The van der Waals surface area contributed by atoms with Gasteiger partial charge < -0.3 is 19.9 Å². The molecule has 0 saturated heterocycles. The molecule has 27 heavy (non-hydrogen) atoms. The van der Waals surface area contributed by atoms with Crippen molar-refractivity contribution in [2.75, 3.05) is 20.1 Å². The Hall–Kier alpha value is -1.48. The number of para-hydroxylation sites is 1. The van der Waals surface area contributed by atoms with Gasteiger partial charge in [0.05, 0.1) is 17.3 Å². The lowest BCUT2D eigenvalue weighted by Gasteiger charge is -2.20. The Kier molecular flexibility index (Phi) is 10.5. The fraction of sp³-hybridized carbons (Fsp3) is 0.474. The molecular weight excluding hydrogens is 479 g/mol. The molecule has 0 radical (unpaired) electrons. The highest BCUT2D eigenvalue weighted by molar-refractivity contribution is 14.0. The summed E-state index contributed by atoms with van der Waals surface area (Å²) in [6.45, 7) is 7.34. The van der Waals surface area contributed by atoms with Gasteiger partial charge in [0, 0.05) is 19.2 Å². The molecule has 6 nitrogen and oxygen atoms in total. The Labute approximate surface area is 183 Å². The van der Waals surface area contributed by atoms with Gasteiger partial charge in [-0.15, -0.1) is 24.0 Å². The molecule has 0 amide bonds. The van der Waals surface area contributed by atoms with Crippen LogP contribution in [-0.4, -0.2) is 37.4 Å². The normalized spacial score (nSPS) is 12.3. The zero-order valence-electron chi connectivity index (χ0n) is 16.2. The van der Waals surface area contributed by atoms with Gasteiger partial charge in [-0.1, -0.05) is 35.8 Å². The highest BCUT2D eigenvalue weighted by Crippen LogP contribution is 2.24. The summed E-state index contributed by atoms with van der Waals surface area (Å²) in [5, 5.41) is 11.2. The first-order chi connectivity index (χ1) is 12.5. The van der Waals surface area contributed by atoms with Crippen molar-refractivity contribution in [1.29, 1.82) is 0 Å². The van der Waals surface area contributed by atoms with Crippen LogP contribution in [0.3, 0.4) is 0 Å². The summed E-state index contributed by atoms with van der Waals surface area (Å²) in [6.07, 6.45) is 1.68. The Morgan fingerprint density at radius 3 is 2.63 bits per heavy atom. The number of rotatable bonds is 8. The van der Waals surface area contributed by atoms with E-state index in [2.05, 4.69) is 27.7 Å². The third kappa shape index (κ3) is 7.21. The molecule has 2 aromatic rings. The topological polar surface area (TPSA) is 71.7 Å². The first-order valence-corrected chi connectivity index (χ1v) is 9.20. The molecule has 0 saturated carbocycles. The molecule has 1 atom stereocenters. The van der Waals surface area contributed by atoms with E-state index in [1.54, 1.807) is 7.05 Å². The molecule has 1 unspecified atom stereocenters. The number of halogens is 2. The number of benzene rings is 1. The lowest BCUT2D eigenvalue weighted by Crippen LogP contribution is -2.43. The molecule has 8 heteroatoms. The molecule has 1 heterocycles. The number of hydrogen-bond acceptors (Lipinski definition) is 4. The second-order valence-electron chi connectivity index (χ2n) is 6.01. The van der Waals surface area contributed by atoms with Crippen LogP contribution in [0.1, 0.15) is 30.4 Å². The lowest BCUT2D eigenvalue weighted by atomic mass is 10.1. The van der Waals surface area contributed by atoms with Crippen LogP contribution in [-0.2, 0) is 6.42 Å². The van der Waals surface area contributed by atoms with E-state index in [1.807, 2.05) is 38.1 Å². The highest BCUT2D eigenvalue weighted by atomic mass is 127. The zero-order chi connectivity index (χ0) is 18.9. The van der Waals surface area contributed by atoms with Gasteiger partial charge in [0.25, 0.3) is 0 Å². The molecular formula is C19H28ClIN4O2. The van der Waals surface area contributed by atoms with Gasteiger partial charge in [0.1, 0.15) is 17.6 Å². The number of guanidine groups is 1. The maximum Gasteiger partial charge on any atom is 0.191 e. The Bertz CT molecular complexity index is 717. The summed E-state index contributed by atoms with van der Waals surface area (Å²) in [6, 6.07) is 7.50. The van der Waals surface area contributed by atoms with Crippen LogP contribution in [0.2, 0.25) is 5.02 Å². The summed E-state index contributed by atoms with van der Waals surface area (Å²) < 4.78 is 11.2. The van der Waals surface area contributed by atoms with Crippen LogP contribution in [0.15, 0.2) is 33.8 Å². The zero-order valence-corrected chi connectivity index (χ0v) is 19.3. The molecule has 0 fully saturated rings. The Morgan fingerprint density at radius 1 is 1.30 bits per heavy atom. The van der Waals surface area contributed by atoms with Gasteiger partial charge in [0.2, 0.25) is 0 Å². The van der Waals surface area contributed by atoms with Crippen LogP contribution in [0.4, 0.5) is 0 Å². The van der Waals surface area contributed by atoms with Gasteiger partial charge in [-0.3, -0.25) is 4.99 Å². The SMILES string of the molecule is CCC(CNC(=NC)NCCc1c(C)noc1C)Oc1ccccc1Cl.I. The van der Waals surface area contributed by atoms with E-state index < -0.39 is 0 Å². The Morgan fingerprint density at radius 2 is 2.04 bits per heavy atom. The molecule has 0 aliphatic carbocycles. The third-order valence-electron chi connectivity index (χ3n) is 4.16. The van der Waals surface area contributed by atoms with Gasteiger partial charge >= 0.3 is 0 Å². The number of aliphatic imine (C=N–C) groups is 1. The van der Waals surface area contributed by atoms with E-state index in [0.717, 1.165) is 42.4 Å². The molecule has 2 N–H and O–H groups in total. The molecule has 0 bridgehead atoms. The van der Waals surface area contributed by atoms with E-state index in [-0.39, 0.29) is 30.1 Å². The number of nitrogens with one attached hydrogen (secondary N) is 2. The standard InChI is InChI=1S/C19H27ClN4O2.HI/c1-5-15(25-18-9-7-6-8-17(18)20)12-23-19(21-4)22-11-10-16-13(2)24-26-14(16)3;/h6-9,15H,5,10-12H2,1-4H3,(H2,21,22,23);1H. The van der Waals surface area contributed by atoms with E-state index >= 15 is 0 Å². The van der Waals surface area contributed by atoms with E-state index in [0.29, 0.717) is 17.3 Å². The average molecular weight is 507 g/mol. The van der Waals surface area contributed by atoms with Crippen LogP contribution in [0.25, 0.3) is 0 Å². The summed E-state index contributed by atoms with van der Waals surface area (Å²) in [5.74, 6) is 2.30. The second-order valence-corrected chi connectivity index (χ2v) is 6.42. The fourth-order valence-corrected chi connectivity index (χ4v) is 2.77. The van der Waals surface area contributed by atoms with Crippen molar-refractivity contribution >= 4 is 41.5 Å². The second kappa shape index (κ2) is 12.1. The summed E-state index contributed by atoms with van der Waals surface area (Å²) in [5.41, 5.74) is 2.08. The minimum Gasteiger partial charge on any atom is -0.487 e. The van der Waals surface area contributed by atoms with Crippen LogP contribution in [0.5, 0.6) is 5.75 Å². The van der Waals surface area contributed by atoms with Crippen LogP contribution < -0.4 is 15.4 Å². The quantitative estimate of drug-likeness (QED) is 0.320. The van der Waals surface area contributed by atoms with E-state index in [1.165, 1.54) is 0 Å². The minimum atomic E-state index is -0.00369. The van der Waals surface area contributed by atoms with Crippen molar-refractivity contribution in [3.63, 3.8) is 0 Å². The number of aromatic nitrogens is 1. The number of ether oxygens (including phenoxy) is 1. The molecule has 0 aliphatic rings. The lowest BCUT2D eigenvalue weighted by molar-refractivity contribution is 0.199. The molecule has 0 aliphatic heterocycles. The summed E-state index contributed by atoms with van der Waals surface area (Å²) in [4.78, 5) is 4.26. The molecule has 2 rings (SSSR count). The predicted octanol–water partition coefficient (Wildman–Crippen LogP) is 4.13. The first kappa shape index (κ1) is 23.6. The fourth-order valence-electron chi connectivity index (χ4n) is 2.59. The van der Waals surface area contributed by atoms with Crippen LogP contribution in [0, 0.1) is 13.8 Å². The largest absolute Gasteiger partial charge is 0.487 e.